The average Bonchev–Trinajstić information content (AvgIpc) is 2.64. The van der Waals surface area contributed by atoms with Gasteiger partial charge >= 0.3 is 0 Å². The van der Waals surface area contributed by atoms with Crippen molar-refractivity contribution in [3.8, 4) is 5.75 Å². The summed E-state index contributed by atoms with van der Waals surface area (Å²) in [6.07, 6.45) is 2.50. The van der Waals surface area contributed by atoms with E-state index >= 15 is 0 Å². The summed E-state index contributed by atoms with van der Waals surface area (Å²) in [4.78, 5) is 0. The Morgan fingerprint density at radius 3 is 2.53 bits per heavy atom. The first-order valence-corrected chi connectivity index (χ1v) is 6.68. The molecule has 0 aromatic heterocycles. The fraction of sp³-hybridized carbons (Fsp3) is 0.600. The van der Waals surface area contributed by atoms with Crippen LogP contribution in [-0.4, -0.2) is 12.6 Å². The molecule has 1 aliphatic rings. The maximum atomic E-state index is 6.04. The zero-order valence-corrected chi connectivity index (χ0v) is 11.3. The Morgan fingerprint density at radius 1 is 1.18 bits per heavy atom. The zero-order valence-electron chi connectivity index (χ0n) is 11.3. The molecule has 0 saturated carbocycles. The summed E-state index contributed by atoms with van der Waals surface area (Å²) < 4.78 is 6.04. The maximum absolute atomic E-state index is 6.04. The lowest BCUT2D eigenvalue weighted by Gasteiger charge is -2.18. The minimum absolute atomic E-state index is 0.290. The lowest BCUT2D eigenvalue weighted by Crippen LogP contribution is -2.31. The number of hydrogen-bond donors (Lipinski definition) is 1. The fourth-order valence-corrected chi connectivity index (χ4v) is 2.45. The third-order valence-electron chi connectivity index (χ3n) is 3.63. The highest BCUT2D eigenvalue weighted by Gasteiger charge is 2.32. The van der Waals surface area contributed by atoms with Gasteiger partial charge in [-0.25, -0.2) is 0 Å². The van der Waals surface area contributed by atoms with Crippen molar-refractivity contribution in [2.24, 2.45) is 0 Å². The molecule has 1 aromatic carbocycles. The summed E-state index contributed by atoms with van der Waals surface area (Å²) in [5.74, 6) is 1.08. The predicted molar refractivity (Wildman–Crippen MR) is 71.7 cm³/mol. The van der Waals surface area contributed by atoms with E-state index in [1.54, 1.807) is 0 Å². The van der Waals surface area contributed by atoms with E-state index in [0.29, 0.717) is 6.04 Å². The van der Waals surface area contributed by atoms with Gasteiger partial charge in [0, 0.05) is 5.56 Å². The van der Waals surface area contributed by atoms with Crippen LogP contribution < -0.4 is 10.1 Å². The van der Waals surface area contributed by atoms with E-state index in [2.05, 4.69) is 45.1 Å². The average molecular weight is 233 g/mol. The lowest BCUT2D eigenvalue weighted by atomic mass is 9.98. The van der Waals surface area contributed by atoms with Crippen molar-refractivity contribution in [3.05, 3.63) is 28.8 Å². The molecule has 0 radical (unpaired) electrons. The normalized spacial score (nSPS) is 22.4. The summed E-state index contributed by atoms with van der Waals surface area (Å²) >= 11 is 0. The molecule has 17 heavy (non-hydrogen) atoms. The van der Waals surface area contributed by atoms with Crippen molar-refractivity contribution < 1.29 is 4.74 Å². The molecule has 1 heterocycles. The van der Waals surface area contributed by atoms with Gasteiger partial charge in [-0.2, -0.15) is 0 Å². The van der Waals surface area contributed by atoms with Gasteiger partial charge in [0.2, 0.25) is 0 Å². The van der Waals surface area contributed by atoms with Gasteiger partial charge in [-0.1, -0.05) is 19.9 Å². The number of fused-ring (bicyclic) bond motifs is 1. The van der Waals surface area contributed by atoms with Crippen LogP contribution in [0.1, 0.15) is 49.4 Å². The molecule has 0 fully saturated rings. The number of nitrogens with one attached hydrogen (secondary N) is 1. The Morgan fingerprint density at radius 2 is 1.88 bits per heavy atom. The largest absolute Gasteiger partial charge is 0.488 e. The van der Waals surface area contributed by atoms with Gasteiger partial charge in [0.15, 0.2) is 0 Å². The van der Waals surface area contributed by atoms with Crippen molar-refractivity contribution >= 4 is 0 Å². The third kappa shape index (κ3) is 2.32. The third-order valence-corrected chi connectivity index (χ3v) is 3.63. The molecule has 2 unspecified atom stereocenters. The van der Waals surface area contributed by atoms with Crippen molar-refractivity contribution in [2.45, 2.75) is 52.7 Å². The smallest absolute Gasteiger partial charge is 0.125 e. The predicted octanol–water partition coefficient (Wildman–Crippen LogP) is 3.52. The van der Waals surface area contributed by atoms with Gasteiger partial charge in [-0.05, 0) is 50.4 Å². The van der Waals surface area contributed by atoms with Crippen LogP contribution in [-0.2, 0) is 0 Å². The molecule has 1 aliphatic heterocycles. The molecular weight excluding hydrogens is 210 g/mol. The molecule has 2 heteroatoms. The number of rotatable bonds is 4. The number of ether oxygens (including phenoxy) is 1. The van der Waals surface area contributed by atoms with Gasteiger partial charge < -0.3 is 10.1 Å². The van der Waals surface area contributed by atoms with E-state index in [4.69, 9.17) is 4.74 Å². The number of benzene rings is 1. The number of hydrogen-bond acceptors (Lipinski definition) is 2. The van der Waals surface area contributed by atoms with Crippen molar-refractivity contribution in [2.75, 3.05) is 6.54 Å². The molecular formula is C15H23NO. The van der Waals surface area contributed by atoms with E-state index in [1.807, 2.05) is 0 Å². The standard InChI is InChI=1S/C15H23NO/c1-5-7-16-15-12-8-10(3)11(4)9-14(12)17-13(15)6-2/h8-9,13,15-16H,5-7H2,1-4H3. The van der Waals surface area contributed by atoms with Gasteiger partial charge in [-0.3, -0.25) is 0 Å². The van der Waals surface area contributed by atoms with Crippen LogP contribution in [0.3, 0.4) is 0 Å². The molecule has 1 N–H and O–H groups in total. The molecule has 1 aromatic rings. The summed E-state index contributed by atoms with van der Waals surface area (Å²) in [5, 5.41) is 3.61. The molecule has 0 spiro atoms. The molecule has 2 atom stereocenters. The van der Waals surface area contributed by atoms with E-state index < -0.39 is 0 Å². The second-order valence-electron chi connectivity index (χ2n) is 4.97. The zero-order chi connectivity index (χ0) is 12.4. The van der Waals surface area contributed by atoms with E-state index in [0.717, 1.165) is 25.1 Å². The van der Waals surface area contributed by atoms with Gasteiger partial charge in [0.1, 0.15) is 11.9 Å². The summed E-state index contributed by atoms with van der Waals surface area (Å²) in [5.41, 5.74) is 4.01. The van der Waals surface area contributed by atoms with Crippen LogP contribution >= 0.6 is 0 Å². The van der Waals surface area contributed by atoms with Crippen LogP contribution in [0.25, 0.3) is 0 Å². The van der Waals surface area contributed by atoms with Crippen LogP contribution in [0.4, 0.5) is 0 Å². The monoisotopic (exact) mass is 233 g/mol. The second-order valence-corrected chi connectivity index (χ2v) is 4.97. The summed E-state index contributed by atoms with van der Waals surface area (Å²) in [6, 6.07) is 4.84. The molecule has 0 amide bonds. The SMILES string of the molecule is CCCNC1c2cc(C)c(C)cc2OC1CC. The van der Waals surface area contributed by atoms with E-state index in [-0.39, 0.29) is 6.10 Å². The van der Waals surface area contributed by atoms with E-state index in [1.165, 1.54) is 16.7 Å². The summed E-state index contributed by atoms with van der Waals surface area (Å²) in [7, 11) is 0. The Bertz CT molecular complexity index is 400. The van der Waals surface area contributed by atoms with Gasteiger partial charge in [0.05, 0.1) is 6.04 Å². The first-order valence-electron chi connectivity index (χ1n) is 6.68. The fourth-order valence-electron chi connectivity index (χ4n) is 2.45. The first-order chi connectivity index (χ1) is 8.17. The molecule has 2 nitrogen and oxygen atoms in total. The van der Waals surface area contributed by atoms with Crippen molar-refractivity contribution in [3.63, 3.8) is 0 Å². The van der Waals surface area contributed by atoms with Crippen molar-refractivity contribution in [1.29, 1.82) is 0 Å². The summed E-state index contributed by atoms with van der Waals surface area (Å²) in [6.45, 7) is 9.76. The highest BCUT2D eigenvalue weighted by molar-refractivity contribution is 5.46. The Balaban J connectivity index is 2.30. The van der Waals surface area contributed by atoms with Crippen LogP contribution in [0.5, 0.6) is 5.75 Å². The Labute approximate surface area is 104 Å². The maximum Gasteiger partial charge on any atom is 0.125 e. The Hall–Kier alpha value is -1.02. The molecule has 0 saturated heterocycles. The van der Waals surface area contributed by atoms with Gasteiger partial charge in [-0.15, -0.1) is 0 Å². The highest BCUT2D eigenvalue weighted by Crippen LogP contribution is 2.39. The molecule has 0 aliphatic carbocycles. The quantitative estimate of drug-likeness (QED) is 0.859. The van der Waals surface area contributed by atoms with Crippen LogP contribution in [0, 0.1) is 13.8 Å². The lowest BCUT2D eigenvalue weighted by molar-refractivity contribution is 0.185. The van der Waals surface area contributed by atoms with Crippen molar-refractivity contribution in [1.82, 2.24) is 5.32 Å². The second kappa shape index (κ2) is 5.09. The van der Waals surface area contributed by atoms with Crippen LogP contribution in [0.15, 0.2) is 12.1 Å². The minimum Gasteiger partial charge on any atom is -0.488 e. The van der Waals surface area contributed by atoms with E-state index in [9.17, 15) is 0 Å². The Kier molecular flexibility index (Phi) is 3.72. The van der Waals surface area contributed by atoms with Gasteiger partial charge in [0.25, 0.3) is 0 Å². The molecule has 2 rings (SSSR count). The topological polar surface area (TPSA) is 21.3 Å². The first kappa shape index (κ1) is 12.4. The molecule has 0 bridgehead atoms. The van der Waals surface area contributed by atoms with Crippen LogP contribution in [0.2, 0.25) is 0 Å². The number of aryl methyl sites for hydroxylation is 2. The highest BCUT2D eigenvalue weighted by atomic mass is 16.5. The minimum atomic E-state index is 0.290. The molecule has 94 valence electrons.